The summed E-state index contributed by atoms with van der Waals surface area (Å²) in [4.78, 5) is 10.5. The van der Waals surface area contributed by atoms with Crippen LogP contribution in [0.1, 0.15) is 25.7 Å². The molecule has 0 radical (unpaired) electrons. The minimum absolute atomic E-state index is 0.505. The quantitative estimate of drug-likeness (QED) is 0.480. The van der Waals surface area contributed by atoms with Gasteiger partial charge in [0.05, 0.1) is 0 Å². The van der Waals surface area contributed by atoms with Crippen LogP contribution in [0, 0.1) is 16.7 Å². The van der Waals surface area contributed by atoms with E-state index in [1.807, 2.05) is 0 Å². The lowest BCUT2D eigenvalue weighted by molar-refractivity contribution is -0.109. The standard InChI is InChI=1S/C8H10O/c9-5-6-7(1-2-7)8(6)3-4-8/h5-6H,1-4H2. The van der Waals surface area contributed by atoms with Gasteiger partial charge < -0.3 is 4.79 Å². The van der Waals surface area contributed by atoms with Crippen molar-refractivity contribution < 1.29 is 4.79 Å². The molecule has 3 rings (SSSR count). The first kappa shape index (κ1) is 4.48. The van der Waals surface area contributed by atoms with Crippen LogP contribution in [0.15, 0.2) is 0 Å². The van der Waals surface area contributed by atoms with E-state index in [9.17, 15) is 4.79 Å². The Morgan fingerprint density at radius 1 is 1.11 bits per heavy atom. The fourth-order valence-corrected chi connectivity index (χ4v) is 2.92. The number of fused-ring (bicyclic) bond motifs is 1. The molecular formula is C8H10O. The number of carbonyl (C=O) groups excluding carboxylic acids is 1. The number of hydrogen-bond donors (Lipinski definition) is 0. The van der Waals surface area contributed by atoms with Crippen molar-refractivity contribution in [1.29, 1.82) is 0 Å². The smallest absolute Gasteiger partial charge is 0.124 e. The van der Waals surface area contributed by atoms with Crippen molar-refractivity contribution in [2.75, 3.05) is 0 Å². The Kier molecular flexibility index (Phi) is 0.439. The molecule has 3 saturated carbocycles. The van der Waals surface area contributed by atoms with Crippen LogP contribution < -0.4 is 0 Å². The van der Waals surface area contributed by atoms with Gasteiger partial charge in [0.25, 0.3) is 0 Å². The third kappa shape index (κ3) is 0.262. The molecule has 0 aromatic heterocycles. The molecule has 9 heavy (non-hydrogen) atoms. The van der Waals surface area contributed by atoms with Crippen LogP contribution in [-0.4, -0.2) is 6.29 Å². The van der Waals surface area contributed by atoms with E-state index in [0.717, 1.165) is 0 Å². The zero-order valence-corrected chi connectivity index (χ0v) is 5.39. The zero-order valence-electron chi connectivity index (χ0n) is 5.39. The molecule has 0 bridgehead atoms. The van der Waals surface area contributed by atoms with E-state index >= 15 is 0 Å². The summed E-state index contributed by atoms with van der Waals surface area (Å²) in [6.07, 6.45) is 6.64. The van der Waals surface area contributed by atoms with Crippen LogP contribution in [0.3, 0.4) is 0 Å². The predicted octanol–water partition coefficient (Wildman–Crippen LogP) is 1.38. The summed E-state index contributed by atoms with van der Waals surface area (Å²) in [7, 11) is 0. The predicted molar refractivity (Wildman–Crippen MR) is 32.9 cm³/mol. The average molecular weight is 122 g/mol. The van der Waals surface area contributed by atoms with Crippen LogP contribution >= 0.6 is 0 Å². The fourth-order valence-electron chi connectivity index (χ4n) is 2.92. The average Bonchev–Trinajstić information content (AvgIpc) is 2.56. The maximum Gasteiger partial charge on any atom is 0.124 e. The van der Waals surface area contributed by atoms with Crippen LogP contribution in [0.2, 0.25) is 0 Å². The van der Waals surface area contributed by atoms with Crippen LogP contribution in [-0.2, 0) is 4.79 Å². The van der Waals surface area contributed by atoms with Gasteiger partial charge in [0.15, 0.2) is 0 Å². The Morgan fingerprint density at radius 2 is 1.56 bits per heavy atom. The molecule has 1 nitrogen and oxygen atoms in total. The van der Waals surface area contributed by atoms with E-state index in [1.54, 1.807) is 0 Å². The van der Waals surface area contributed by atoms with E-state index in [2.05, 4.69) is 0 Å². The van der Waals surface area contributed by atoms with Crippen LogP contribution in [0.5, 0.6) is 0 Å². The minimum Gasteiger partial charge on any atom is -0.303 e. The van der Waals surface area contributed by atoms with Gasteiger partial charge in [-0.1, -0.05) is 0 Å². The van der Waals surface area contributed by atoms with Gasteiger partial charge in [0.1, 0.15) is 6.29 Å². The number of hydrogen-bond acceptors (Lipinski definition) is 1. The Bertz CT molecular complexity index is 169. The monoisotopic (exact) mass is 122 g/mol. The number of aldehydes is 1. The van der Waals surface area contributed by atoms with Gasteiger partial charge in [-0.3, -0.25) is 0 Å². The van der Waals surface area contributed by atoms with Crippen molar-refractivity contribution in [1.82, 2.24) is 0 Å². The molecule has 2 spiro atoms. The van der Waals surface area contributed by atoms with Gasteiger partial charge in [0.2, 0.25) is 0 Å². The summed E-state index contributed by atoms with van der Waals surface area (Å²) in [5.41, 5.74) is 1.21. The highest BCUT2D eigenvalue weighted by Crippen LogP contribution is 2.91. The molecular weight excluding hydrogens is 112 g/mol. The molecule has 0 aromatic carbocycles. The molecule has 0 saturated heterocycles. The van der Waals surface area contributed by atoms with Gasteiger partial charge >= 0.3 is 0 Å². The molecule has 1 heteroatoms. The lowest BCUT2D eigenvalue weighted by Gasteiger charge is -1.75. The second kappa shape index (κ2) is 0.882. The lowest BCUT2D eigenvalue weighted by Crippen LogP contribution is -1.78. The largest absolute Gasteiger partial charge is 0.303 e. The first-order valence-corrected chi connectivity index (χ1v) is 3.81. The molecule has 0 aromatic rings. The molecule has 48 valence electrons. The molecule has 0 aliphatic heterocycles. The number of rotatable bonds is 1. The van der Waals surface area contributed by atoms with Gasteiger partial charge in [-0.2, -0.15) is 0 Å². The first-order valence-electron chi connectivity index (χ1n) is 3.81. The molecule has 3 aliphatic carbocycles. The van der Waals surface area contributed by atoms with Gasteiger partial charge in [-0.05, 0) is 36.5 Å². The van der Waals surface area contributed by atoms with Gasteiger partial charge in [-0.15, -0.1) is 0 Å². The lowest BCUT2D eigenvalue weighted by atomic mass is 10.3. The Balaban J connectivity index is 2.01. The van der Waals surface area contributed by atoms with Crippen molar-refractivity contribution in [3.8, 4) is 0 Å². The molecule has 0 heterocycles. The van der Waals surface area contributed by atoms with Crippen molar-refractivity contribution in [3.63, 3.8) is 0 Å². The van der Waals surface area contributed by atoms with E-state index < -0.39 is 0 Å². The Morgan fingerprint density at radius 3 is 1.67 bits per heavy atom. The molecule has 0 unspecified atom stereocenters. The van der Waals surface area contributed by atoms with Crippen molar-refractivity contribution in [2.45, 2.75) is 25.7 Å². The third-order valence-electron chi connectivity index (χ3n) is 3.81. The highest BCUT2D eigenvalue weighted by Gasteiger charge is 2.86. The fraction of sp³-hybridized carbons (Fsp3) is 0.875. The van der Waals surface area contributed by atoms with Crippen molar-refractivity contribution >= 4 is 6.29 Å². The summed E-state index contributed by atoms with van der Waals surface area (Å²) in [5, 5.41) is 0. The molecule has 0 N–H and O–H groups in total. The van der Waals surface area contributed by atoms with Gasteiger partial charge in [0, 0.05) is 5.92 Å². The number of carbonyl (C=O) groups is 1. The van der Waals surface area contributed by atoms with Crippen LogP contribution in [0.4, 0.5) is 0 Å². The van der Waals surface area contributed by atoms with Crippen molar-refractivity contribution in [3.05, 3.63) is 0 Å². The van der Waals surface area contributed by atoms with E-state index in [0.29, 0.717) is 16.7 Å². The normalized spacial score (nSPS) is 45.1. The molecule has 0 amide bonds. The Hall–Kier alpha value is -0.330. The third-order valence-corrected chi connectivity index (χ3v) is 3.81. The van der Waals surface area contributed by atoms with Gasteiger partial charge in [-0.25, -0.2) is 0 Å². The topological polar surface area (TPSA) is 17.1 Å². The Labute approximate surface area is 54.4 Å². The summed E-state index contributed by atoms with van der Waals surface area (Å²) in [6.45, 7) is 0. The maximum atomic E-state index is 10.5. The first-order chi connectivity index (χ1) is 4.36. The van der Waals surface area contributed by atoms with E-state index in [-0.39, 0.29) is 0 Å². The van der Waals surface area contributed by atoms with Crippen molar-refractivity contribution in [2.24, 2.45) is 16.7 Å². The van der Waals surface area contributed by atoms with Crippen LogP contribution in [0.25, 0.3) is 0 Å². The maximum absolute atomic E-state index is 10.5. The molecule has 3 fully saturated rings. The highest BCUT2D eigenvalue weighted by molar-refractivity contribution is 5.68. The zero-order chi connectivity index (χ0) is 6.11. The SMILES string of the molecule is O=CC1C2(CC2)C12CC2. The van der Waals surface area contributed by atoms with E-state index in [4.69, 9.17) is 0 Å². The summed E-state index contributed by atoms with van der Waals surface area (Å²) >= 11 is 0. The highest BCUT2D eigenvalue weighted by atomic mass is 16.1. The van der Waals surface area contributed by atoms with E-state index in [1.165, 1.54) is 32.0 Å². The summed E-state index contributed by atoms with van der Waals surface area (Å²) < 4.78 is 0. The summed E-state index contributed by atoms with van der Waals surface area (Å²) in [6, 6.07) is 0. The molecule has 3 aliphatic rings. The minimum atomic E-state index is 0.505. The second-order valence-corrected chi connectivity index (χ2v) is 3.93. The molecule has 0 atom stereocenters. The summed E-state index contributed by atoms with van der Waals surface area (Å²) in [5.74, 6) is 0.505. The second-order valence-electron chi connectivity index (χ2n) is 3.93.